The van der Waals surface area contributed by atoms with E-state index in [2.05, 4.69) is 19.9 Å². The van der Waals surface area contributed by atoms with E-state index in [1.54, 1.807) is 36.4 Å². The van der Waals surface area contributed by atoms with Crippen molar-refractivity contribution in [3.05, 3.63) is 130 Å². The van der Waals surface area contributed by atoms with Crippen molar-refractivity contribution in [1.29, 1.82) is 0 Å². The number of rotatable bonds is 8. The summed E-state index contributed by atoms with van der Waals surface area (Å²) >= 11 is 0. The maximum absolute atomic E-state index is 13.3. The zero-order valence-corrected chi connectivity index (χ0v) is 22.3. The Bertz CT molecular complexity index is 1500. The molecule has 6 heteroatoms. The van der Waals surface area contributed by atoms with Crippen LogP contribution in [0.5, 0.6) is 5.75 Å². The summed E-state index contributed by atoms with van der Waals surface area (Å²) in [6.07, 6.45) is 1.53. The lowest BCUT2D eigenvalue weighted by Gasteiger charge is -2.25. The quantitative estimate of drug-likeness (QED) is 0.155. The van der Waals surface area contributed by atoms with Gasteiger partial charge in [0.25, 0.3) is 11.7 Å². The Balaban J connectivity index is 1.47. The molecule has 0 aliphatic carbocycles. The molecule has 1 saturated heterocycles. The highest BCUT2D eigenvalue weighted by Crippen LogP contribution is 2.40. The zero-order valence-electron chi connectivity index (χ0n) is 22.3. The molecule has 2 heterocycles. The number of hydrogen-bond donors (Lipinski definition) is 1. The van der Waals surface area contributed by atoms with Gasteiger partial charge in [0.2, 0.25) is 0 Å². The molecule has 0 unspecified atom stereocenters. The second kappa shape index (κ2) is 11.0. The third-order valence-electron chi connectivity index (χ3n) is 6.98. The number of nitrogens with zero attached hydrogens (tertiary/aromatic N) is 1. The van der Waals surface area contributed by atoms with Gasteiger partial charge in [-0.3, -0.25) is 9.59 Å². The van der Waals surface area contributed by atoms with Crippen LogP contribution in [0.3, 0.4) is 0 Å². The van der Waals surface area contributed by atoms with Crippen molar-refractivity contribution < 1.29 is 23.8 Å². The van der Waals surface area contributed by atoms with E-state index in [-0.39, 0.29) is 17.9 Å². The Morgan fingerprint density at radius 2 is 1.72 bits per heavy atom. The van der Waals surface area contributed by atoms with Gasteiger partial charge >= 0.3 is 0 Å². The number of ketones is 1. The predicted molar refractivity (Wildman–Crippen MR) is 149 cm³/mol. The van der Waals surface area contributed by atoms with Crippen molar-refractivity contribution >= 4 is 17.4 Å². The number of hydrogen-bond acceptors (Lipinski definition) is 5. The first kappa shape index (κ1) is 26.0. The van der Waals surface area contributed by atoms with Gasteiger partial charge in [0.1, 0.15) is 23.9 Å². The average molecular weight is 522 g/mol. The Kier molecular flexibility index (Phi) is 7.37. The molecule has 4 aromatic rings. The van der Waals surface area contributed by atoms with Gasteiger partial charge in [-0.15, -0.1) is 0 Å². The molecule has 5 rings (SSSR count). The largest absolute Gasteiger partial charge is 0.507 e. The average Bonchev–Trinajstić information content (AvgIpc) is 3.54. The summed E-state index contributed by atoms with van der Waals surface area (Å²) in [6.45, 7) is 6.76. The highest BCUT2D eigenvalue weighted by atomic mass is 16.5. The maximum atomic E-state index is 13.3. The fraction of sp³-hybridized carbons (Fsp3) is 0.212. The molecule has 1 aliphatic rings. The van der Waals surface area contributed by atoms with E-state index in [9.17, 15) is 14.7 Å². The minimum Gasteiger partial charge on any atom is -0.507 e. The first-order chi connectivity index (χ1) is 18.8. The number of carbonyl (C=O) groups is 2. The van der Waals surface area contributed by atoms with Gasteiger partial charge in [-0.05, 0) is 65.9 Å². The maximum Gasteiger partial charge on any atom is 0.296 e. The van der Waals surface area contributed by atoms with Crippen LogP contribution in [-0.4, -0.2) is 21.7 Å². The lowest BCUT2D eigenvalue weighted by atomic mass is 9.93. The normalized spacial score (nSPS) is 16.7. The van der Waals surface area contributed by atoms with Gasteiger partial charge in [0.15, 0.2) is 0 Å². The molecular formula is C33H31NO5. The number of aliphatic hydroxyl groups is 1. The van der Waals surface area contributed by atoms with Crippen molar-refractivity contribution in [3.63, 3.8) is 0 Å². The summed E-state index contributed by atoms with van der Waals surface area (Å²) < 4.78 is 11.4. The molecule has 1 fully saturated rings. The number of amides is 1. The first-order valence-corrected chi connectivity index (χ1v) is 13.0. The summed E-state index contributed by atoms with van der Waals surface area (Å²) in [5.41, 5.74) is 4.58. The van der Waals surface area contributed by atoms with E-state index in [4.69, 9.17) is 9.15 Å². The highest BCUT2D eigenvalue weighted by molar-refractivity contribution is 6.46. The van der Waals surface area contributed by atoms with Crippen LogP contribution in [0.2, 0.25) is 0 Å². The smallest absolute Gasteiger partial charge is 0.296 e. The molecule has 1 amide bonds. The number of carbonyl (C=O) groups excluding carboxylic acids is 2. The van der Waals surface area contributed by atoms with E-state index in [0.29, 0.717) is 29.6 Å². The van der Waals surface area contributed by atoms with E-state index >= 15 is 0 Å². The highest BCUT2D eigenvalue weighted by Gasteiger charge is 2.46. The Hall–Kier alpha value is -4.58. The third-order valence-corrected chi connectivity index (χ3v) is 6.98. The fourth-order valence-electron chi connectivity index (χ4n) is 4.86. The van der Waals surface area contributed by atoms with E-state index in [1.165, 1.54) is 11.2 Å². The van der Waals surface area contributed by atoms with Crippen LogP contribution in [0.15, 0.2) is 101 Å². The van der Waals surface area contributed by atoms with Crippen LogP contribution < -0.4 is 4.74 Å². The zero-order chi connectivity index (χ0) is 27.5. The predicted octanol–water partition coefficient (Wildman–Crippen LogP) is 6.91. The van der Waals surface area contributed by atoms with E-state index < -0.39 is 17.7 Å². The number of furan rings is 1. The van der Waals surface area contributed by atoms with Crippen LogP contribution in [-0.2, 0) is 22.7 Å². The Labute approximate surface area is 228 Å². The minimum atomic E-state index is -0.756. The fourth-order valence-corrected chi connectivity index (χ4v) is 4.86. The summed E-state index contributed by atoms with van der Waals surface area (Å²) in [4.78, 5) is 28.0. The van der Waals surface area contributed by atoms with Crippen LogP contribution in [0.4, 0.5) is 0 Å². The number of Topliss-reactive ketones (excluding diaryl/α,β-unsaturated/α-hetero) is 1. The number of ether oxygens (including phenoxy) is 1. The van der Waals surface area contributed by atoms with Gasteiger partial charge in [-0.25, -0.2) is 0 Å². The van der Waals surface area contributed by atoms with Crippen LogP contribution in [0.1, 0.15) is 59.4 Å². The van der Waals surface area contributed by atoms with Gasteiger partial charge < -0.3 is 19.2 Å². The second-order valence-electron chi connectivity index (χ2n) is 10.1. The topological polar surface area (TPSA) is 80.0 Å². The van der Waals surface area contributed by atoms with Crippen LogP contribution in [0.25, 0.3) is 5.76 Å². The number of aliphatic hydroxyl groups excluding tert-OH is 1. The molecule has 39 heavy (non-hydrogen) atoms. The van der Waals surface area contributed by atoms with Crippen molar-refractivity contribution in [2.45, 2.75) is 45.9 Å². The lowest BCUT2D eigenvalue weighted by Crippen LogP contribution is -2.29. The Morgan fingerprint density at radius 3 is 2.36 bits per heavy atom. The molecule has 0 spiro atoms. The van der Waals surface area contributed by atoms with E-state index in [0.717, 1.165) is 22.3 Å². The Morgan fingerprint density at radius 1 is 0.974 bits per heavy atom. The lowest BCUT2D eigenvalue weighted by molar-refractivity contribution is -0.140. The number of likely N-dealkylation sites (tertiary alicyclic amines) is 1. The second-order valence-corrected chi connectivity index (χ2v) is 10.1. The summed E-state index contributed by atoms with van der Waals surface area (Å²) in [5, 5.41) is 11.4. The van der Waals surface area contributed by atoms with Gasteiger partial charge in [0, 0.05) is 5.56 Å². The molecule has 0 bridgehead atoms. The summed E-state index contributed by atoms with van der Waals surface area (Å²) in [6, 6.07) is 25.5. The van der Waals surface area contributed by atoms with Crippen LogP contribution in [0, 0.1) is 6.92 Å². The molecule has 3 aromatic carbocycles. The first-order valence-electron chi connectivity index (χ1n) is 13.0. The van der Waals surface area contributed by atoms with Crippen molar-refractivity contribution in [2.24, 2.45) is 0 Å². The number of benzene rings is 3. The molecule has 1 aliphatic heterocycles. The molecule has 198 valence electrons. The van der Waals surface area contributed by atoms with E-state index in [1.807, 2.05) is 49.4 Å². The molecule has 0 saturated carbocycles. The molecule has 6 nitrogen and oxygen atoms in total. The van der Waals surface area contributed by atoms with Gasteiger partial charge in [-0.2, -0.15) is 0 Å². The minimum absolute atomic E-state index is 0.0530. The molecule has 0 radical (unpaired) electrons. The summed E-state index contributed by atoms with van der Waals surface area (Å²) in [7, 11) is 0. The van der Waals surface area contributed by atoms with Crippen LogP contribution >= 0.6 is 0 Å². The molecular weight excluding hydrogens is 490 g/mol. The number of aryl methyl sites for hydroxylation is 1. The molecule has 1 N–H and O–H groups in total. The standard InChI is InChI=1S/C33H31NO5/c1-21(2)24-9-11-25(12-10-24)30-29(32(36)33(37)34(30)19-28-8-5-17-38-28)31(35)26-13-15-27(16-14-26)39-20-23-7-4-6-22(3)18-23/h4-18,21,30,35H,19-20H2,1-3H3/b31-29+/t30-/m0/s1. The molecule has 1 aromatic heterocycles. The van der Waals surface area contributed by atoms with Gasteiger partial charge in [-0.1, -0.05) is 67.9 Å². The van der Waals surface area contributed by atoms with Crippen molar-refractivity contribution in [1.82, 2.24) is 4.90 Å². The molecule has 1 atom stereocenters. The monoisotopic (exact) mass is 521 g/mol. The summed E-state index contributed by atoms with van der Waals surface area (Å²) in [5.74, 6) is -0.109. The van der Waals surface area contributed by atoms with Crippen molar-refractivity contribution in [3.8, 4) is 5.75 Å². The third kappa shape index (κ3) is 5.50. The van der Waals surface area contributed by atoms with Crippen molar-refractivity contribution in [2.75, 3.05) is 0 Å². The van der Waals surface area contributed by atoms with Gasteiger partial charge in [0.05, 0.1) is 24.4 Å². The SMILES string of the molecule is Cc1cccc(COc2ccc(/C(O)=C3\C(=O)C(=O)N(Cc4ccco4)[C@H]3c3ccc(C(C)C)cc3)cc2)c1.